The molecule has 1 amide bonds. The van der Waals surface area contributed by atoms with E-state index >= 15 is 0 Å². The van der Waals surface area contributed by atoms with Crippen LogP contribution in [0, 0.1) is 5.82 Å². The minimum atomic E-state index is -0.312. The Labute approximate surface area is 135 Å². The quantitative estimate of drug-likeness (QED) is 0.825. The first-order chi connectivity index (χ1) is 11.1. The summed E-state index contributed by atoms with van der Waals surface area (Å²) in [5, 5.41) is 3.35. The van der Waals surface area contributed by atoms with Crippen molar-refractivity contribution >= 4 is 16.8 Å². The summed E-state index contributed by atoms with van der Waals surface area (Å²) in [6, 6.07) is 6.36. The van der Waals surface area contributed by atoms with Crippen molar-refractivity contribution in [1.29, 1.82) is 0 Å². The first kappa shape index (κ1) is 16.0. The lowest BCUT2D eigenvalue weighted by Crippen LogP contribution is -2.45. The summed E-state index contributed by atoms with van der Waals surface area (Å²) in [6.45, 7) is 6.01. The predicted octanol–water partition coefficient (Wildman–Crippen LogP) is 1.67. The van der Waals surface area contributed by atoms with Crippen LogP contribution in [0.3, 0.4) is 0 Å². The van der Waals surface area contributed by atoms with Crippen LogP contribution in [0.5, 0.6) is 0 Å². The van der Waals surface area contributed by atoms with Crippen molar-refractivity contribution in [3.05, 3.63) is 35.8 Å². The predicted molar refractivity (Wildman–Crippen MR) is 89.1 cm³/mol. The number of aromatic nitrogens is 1. The van der Waals surface area contributed by atoms with Crippen LogP contribution in [0.2, 0.25) is 0 Å². The monoisotopic (exact) mass is 318 g/mol. The van der Waals surface area contributed by atoms with Gasteiger partial charge in [-0.25, -0.2) is 4.39 Å². The molecule has 2 aromatic rings. The van der Waals surface area contributed by atoms with Crippen molar-refractivity contribution in [3.63, 3.8) is 0 Å². The molecular formula is C17H23FN4O. The zero-order chi connectivity index (χ0) is 16.2. The van der Waals surface area contributed by atoms with Gasteiger partial charge in [0.05, 0.1) is 0 Å². The first-order valence-electron chi connectivity index (χ1n) is 8.10. The molecule has 1 saturated heterocycles. The average molecular weight is 318 g/mol. The Morgan fingerprint density at radius 3 is 2.83 bits per heavy atom. The molecule has 0 atom stereocenters. The number of fused-ring (bicyclic) bond motifs is 1. The van der Waals surface area contributed by atoms with Crippen LogP contribution in [0.1, 0.15) is 16.9 Å². The van der Waals surface area contributed by atoms with Crippen LogP contribution in [-0.4, -0.2) is 67.0 Å². The van der Waals surface area contributed by atoms with Gasteiger partial charge in [0.1, 0.15) is 11.5 Å². The molecule has 0 aliphatic carbocycles. The fourth-order valence-electron chi connectivity index (χ4n) is 2.91. The number of H-pyrrole nitrogens is 1. The molecule has 1 aliphatic heterocycles. The molecule has 2 heterocycles. The van der Waals surface area contributed by atoms with E-state index < -0.39 is 0 Å². The van der Waals surface area contributed by atoms with Gasteiger partial charge in [-0.15, -0.1) is 0 Å². The van der Waals surface area contributed by atoms with Gasteiger partial charge in [0.25, 0.3) is 5.91 Å². The number of piperazine rings is 1. The number of amides is 1. The number of carbonyl (C=O) groups is 1. The largest absolute Gasteiger partial charge is 0.351 e. The third-order valence-corrected chi connectivity index (χ3v) is 4.39. The molecule has 0 unspecified atom stereocenters. The molecule has 0 radical (unpaired) electrons. The number of rotatable bonds is 5. The van der Waals surface area contributed by atoms with E-state index in [0.29, 0.717) is 23.1 Å². The highest BCUT2D eigenvalue weighted by Crippen LogP contribution is 2.18. The van der Waals surface area contributed by atoms with Gasteiger partial charge in [-0.3, -0.25) is 4.79 Å². The molecule has 1 fully saturated rings. The van der Waals surface area contributed by atoms with Crippen molar-refractivity contribution in [3.8, 4) is 0 Å². The molecule has 1 aromatic carbocycles. The van der Waals surface area contributed by atoms with E-state index in [9.17, 15) is 9.18 Å². The van der Waals surface area contributed by atoms with Gasteiger partial charge in [-0.2, -0.15) is 0 Å². The van der Waals surface area contributed by atoms with Crippen molar-refractivity contribution < 1.29 is 9.18 Å². The molecule has 1 aliphatic rings. The summed E-state index contributed by atoms with van der Waals surface area (Å²) in [4.78, 5) is 19.8. The van der Waals surface area contributed by atoms with E-state index in [1.807, 2.05) is 0 Å². The van der Waals surface area contributed by atoms with Crippen LogP contribution >= 0.6 is 0 Å². The lowest BCUT2D eigenvalue weighted by atomic mass is 10.2. The van der Waals surface area contributed by atoms with Crippen molar-refractivity contribution in [2.24, 2.45) is 0 Å². The molecule has 23 heavy (non-hydrogen) atoms. The number of halogens is 1. The second kappa shape index (κ2) is 7.10. The Bertz CT molecular complexity index is 676. The number of hydrogen-bond acceptors (Lipinski definition) is 3. The van der Waals surface area contributed by atoms with Crippen LogP contribution in [0.4, 0.5) is 4.39 Å². The molecule has 124 valence electrons. The smallest absolute Gasteiger partial charge is 0.267 e. The number of nitrogens with zero attached hydrogens (tertiary/aromatic N) is 2. The summed E-state index contributed by atoms with van der Waals surface area (Å²) < 4.78 is 13.6. The van der Waals surface area contributed by atoms with Crippen LogP contribution in [0.25, 0.3) is 10.9 Å². The van der Waals surface area contributed by atoms with Gasteiger partial charge in [0.15, 0.2) is 0 Å². The molecule has 5 nitrogen and oxygen atoms in total. The number of carbonyl (C=O) groups excluding carboxylic acids is 1. The highest BCUT2D eigenvalue weighted by Gasteiger charge is 2.14. The van der Waals surface area contributed by atoms with Gasteiger partial charge < -0.3 is 20.1 Å². The first-order valence-corrected chi connectivity index (χ1v) is 8.10. The second-order valence-corrected chi connectivity index (χ2v) is 6.14. The number of hydrogen-bond donors (Lipinski definition) is 2. The maximum absolute atomic E-state index is 13.6. The Morgan fingerprint density at radius 2 is 2.09 bits per heavy atom. The third kappa shape index (κ3) is 3.89. The Morgan fingerprint density at radius 1 is 1.30 bits per heavy atom. The van der Waals surface area contributed by atoms with Crippen LogP contribution in [0.15, 0.2) is 24.3 Å². The van der Waals surface area contributed by atoms with Crippen LogP contribution in [-0.2, 0) is 0 Å². The highest BCUT2D eigenvalue weighted by atomic mass is 19.1. The summed E-state index contributed by atoms with van der Waals surface area (Å²) in [5.41, 5.74) is 1.05. The zero-order valence-electron chi connectivity index (χ0n) is 13.4. The summed E-state index contributed by atoms with van der Waals surface area (Å²) in [5.74, 6) is -0.494. The zero-order valence-corrected chi connectivity index (χ0v) is 13.4. The normalized spacial score (nSPS) is 16.8. The highest BCUT2D eigenvalue weighted by molar-refractivity contribution is 5.98. The number of aromatic amines is 1. The fraction of sp³-hybridized carbons (Fsp3) is 0.471. The maximum Gasteiger partial charge on any atom is 0.267 e. The van der Waals surface area contributed by atoms with Crippen molar-refractivity contribution in [2.45, 2.75) is 6.42 Å². The lowest BCUT2D eigenvalue weighted by molar-refractivity contribution is 0.0945. The lowest BCUT2D eigenvalue weighted by Gasteiger charge is -2.32. The Balaban J connectivity index is 1.46. The fourth-order valence-corrected chi connectivity index (χ4v) is 2.91. The molecular weight excluding hydrogens is 295 g/mol. The van der Waals surface area contributed by atoms with Crippen molar-refractivity contribution in [2.75, 3.05) is 46.3 Å². The summed E-state index contributed by atoms with van der Waals surface area (Å²) in [7, 11) is 2.14. The van der Waals surface area contributed by atoms with Crippen molar-refractivity contribution in [1.82, 2.24) is 20.1 Å². The van der Waals surface area contributed by atoms with Gasteiger partial charge >= 0.3 is 0 Å². The molecule has 0 spiro atoms. The van der Waals surface area contributed by atoms with E-state index in [1.54, 1.807) is 18.2 Å². The molecule has 6 heteroatoms. The molecule has 3 rings (SSSR count). The van der Waals surface area contributed by atoms with Crippen LogP contribution < -0.4 is 5.32 Å². The van der Waals surface area contributed by atoms with Gasteiger partial charge in [-0.1, -0.05) is 6.07 Å². The van der Waals surface area contributed by atoms with E-state index in [4.69, 9.17) is 0 Å². The SMILES string of the molecule is CN1CCN(CCCNC(=O)c2cc3c(F)cccc3[nH]2)CC1. The van der Waals surface area contributed by atoms with E-state index in [1.165, 1.54) is 6.07 Å². The minimum absolute atomic E-state index is 0.182. The number of likely N-dealkylation sites (N-methyl/N-ethyl adjacent to an activating group) is 1. The number of nitrogens with one attached hydrogen (secondary N) is 2. The minimum Gasteiger partial charge on any atom is -0.351 e. The molecule has 1 aromatic heterocycles. The maximum atomic E-state index is 13.6. The second-order valence-electron chi connectivity index (χ2n) is 6.14. The van der Waals surface area contributed by atoms with Gasteiger partial charge in [0, 0.05) is 43.6 Å². The molecule has 0 bridgehead atoms. The topological polar surface area (TPSA) is 51.4 Å². The van der Waals surface area contributed by atoms with E-state index in [-0.39, 0.29) is 11.7 Å². The van der Waals surface area contributed by atoms with Gasteiger partial charge in [-0.05, 0) is 38.2 Å². The van der Waals surface area contributed by atoms with Gasteiger partial charge in [0.2, 0.25) is 0 Å². The third-order valence-electron chi connectivity index (χ3n) is 4.39. The Kier molecular flexibility index (Phi) is 4.93. The summed E-state index contributed by atoms with van der Waals surface area (Å²) >= 11 is 0. The average Bonchev–Trinajstić information content (AvgIpc) is 2.99. The number of benzene rings is 1. The molecule has 0 saturated carbocycles. The van der Waals surface area contributed by atoms with E-state index in [2.05, 4.69) is 27.1 Å². The van der Waals surface area contributed by atoms with E-state index in [0.717, 1.165) is 39.1 Å². The molecule has 2 N–H and O–H groups in total. The summed E-state index contributed by atoms with van der Waals surface area (Å²) in [6.07, 6.45) is 0.921. The Hall–Kier alpha value is -1.92. The standard InChI is InChI=1S/C17H23FN4O/c1-21-8-10-22(11-9-21)7-3-6-19-17(23)16-12-13-14(18)4-2-5-15(13)20-16/h2,4-5,12,20H,3,6-11H2,1H3,(H,19,23).